The molecule has 3 rings (SSSR count). The second kappa shape index (κ2) is 11.0. The number of carbonyl (C=O) groups is 1. The van der Waals surface area contributed by atoms with Gasteiger partial charge in [0, 0.05) is 15.7 Å². The molecule has 0 radical (unpaired) electrons. The molecule has 0 heterocycles. The predicted octanol–water partition coefficient (Wildman–Crippen LogP) is 5.68. The third kappa shape index (κ3) is 6.13. The van der Waals surface area contributed by atoms with Crippen LogP contribution in [0.3, 0.4) is 0 Å². The highest BCUT2D eigenvalue weighted by molar-refractivity contribution is 9.10. The van der Waals surface area contributed by atoms with Gasteiger partial charge in [-0.15, -0.1) is 0 Å². The van der Waals surface area contributed by atoms with Crippen molar-refractivity contribution in [3.8, 4) is 23.3 Å². The van der Waals surface area contributed by atoms with Gasteiger partial charge in [0.1, 0.15) is 24.0 Å². The van der Waals surface area contributed by atoms with E-state index in [1.807, 2.05) is 37.3 Å². The molecule has 162 valence electrons. The Labute approximate surface area is 194 Å². The maximum absolute atomic E-state index is 12.5. The van der Waals surface area contributed by atoms with E-state index < -0.39 is 5.91 Å². The number of phenolic OH excluding ortho intramolecular Hbond substituents is 1. The number of hydrogen-bond acceptors (Lipinski definition) is 5. The Morgan fingerprint density at radius 3 is 2.53 bits per heavy atom. The Morgan fingerprint density at radius 2 is 1.84 bits per heavy atom. The van der Waals surface area contributed by atoms with Crippen molar-refractivity contribution >= 4 is 33.6 Å². The van der Waals surface area contributed by atoms with Crippen LogP contribution in [0.25, 0.3) is 6.08 Å². The van der Waals surface area contributed by atoms with Crippen LogP contribution in [-0.4, -0.2) is 17.6 Å². The van der Waals surface area contributed by atoms with Gasteiger partial charge in [-0.05, 0) is 61.0 Å². The van der Waals surface area contributed by atoms with Crippen molar-refractivity contribution in [2.24, 2.45) is 0 Å². The van der Waals surface area contributed by atoms with E-state index in [-0.39, 0.29) is 11.3 Å². The monoisotopic (exact) mass is 492 g/mol. The Morgan fingerprint density at radius 1 is 1.09 bits per heavy atom. The van der Waals surface area contributed by atoms with Crippen LogP contribution in [0, 0.1) is 11.3 Å². The molecule has 0 saturated heterocycles. The number of anilines is 1. The maximum Gasteiger partial charge on any atom is 0.266 e. The van der Waals surface area contributed by atoms with Gasteiger partial charge in [-0.1, -0.05) is 40.2 Å². The third-order valence-corrected chi connectivity index (χ3v) is 5.18. The van der Waals surface area contributed by atoms with Crippen molar-refractivity contribution in [1.29, 1.82) is 5.26 Å². The summed E-state index contributed by atoms with van der Waals surface area (Å²) in [5.41, 5.74) is 2.03. The fourth-order valence-corrected chi connectivity index (χ4v) is 3.23. The van der Waals surface area contributed by atoms with E-state index in [9.17, 15) is 15.2 Å². The number of halogens is 1. The summed E-state index contributed by atoms with van der Waals surface area (Å²) in [5, 5.41) is 21.4. The van der Waals surface area contributed by atoms with Gasteiger partial charge >= 0.3 is 0 Å². The zero-order chi connectivity index (χ0) is 22.9. The lowest BCUT2D eigenvalue weighted by Crippen LogP contribution is -2.13. The summed E-state index contributed by atoms with van der Waals surface area (Å²) in [6.07, 6.45) is 1.48. The molecule has 0 fully saturated rings. The molecule has 0 aliphatic heterocycles. The van der Waals surface area contributed by atoms with Gasteiger partial charge in [0.2, 0.25) is 0 Å². The van der Waals surface area contributed by atoms with Crippen LogP contribution in [-0.2, 0) is 11.4 Å². The molecule has 0 saturated carbocycles. The molecule has 3 aromatic rings. The zero-order valence-electron chi connectivity index (χ0n) is 17.3. The Kier molecular flexibility index (Phi) is 7.90. The molecule has 6 nitrogen and oxygen atoms in total. The van der Waals surface area contributed by atoms with Crippen LogP contribution >= 0.6 is 15.9 Å². The minimum atomic E-state index is -0.551. The van der Waals surface area contributed by atoms with Gasteiger partial charge in [0.05, 0.1) is 6.61 Å². The zero-order valence-corrected chi connectivity index (χ0v) is 18.9. The van der Waals surface area contributed by atoms with Crippen LogP contribution < -0.4 is 14.8 Å². The van der Waals surface area contributed by atoms with Crippen LogP contribution in [0.15, 0.2) is 76.8 Å². The first-order valence-electron chi connectivity index (χ1n) is 9.85. The second-order valence-electron chi connectivity index (χ2n) is 6.69. The predicted molar refractivity (Wildman–Crippen MR) is 126 cm³/mol. The topological polar surface area (TPSA) is 91.6 Å². The van der Waals surface area contributed by atoms with Crippen molar-refractivity contribution in [3.63, 3.8) is 0 Å². The minimum absolute atomic E-state index is 0.0672. The van der Waals surface area contributed by atoms with E-state index in [1.165, 1.54) is 18.2 Å². The molecule has 7 heteroatoms. The van der Waals surface area contributed by atoms with Crippen molar-refractivity contribution in [1.82, 2.24) is 0 Å². The maximum atomic E-state index is 12.5. The standard InChI is InChI=1S/C25H21BrN2O4/c1-2-31-24-14-17(7-12-23(24)32-16-18-5-3-4-6-22(18)26)13-19(15-27)25(30)28-20-8-10-21(29)11-9-20/h3-14,29H,2,16H2,1H3,(H,28,30)/b19-13+. The van der Waals surface area contributed by atoms with Crippen LogP contribution in [0.5, 0.6) is 17.2 Å². The molecule has 0 aliphatic carbocycles. The first kappa shape index (κ1) is 22.9. The third-order valence-electron chi connectivity index (χ3n) is 4.41. The largest absolute Gasteiger partial charge is 0.508 e. The first-order valence-corrected chi connectivity index (χ1v) is 10.6. The summed E-state index contributed by atoms with van der Waals surface area (Å²) >= 11 is 3.51. The van der Waals surface area contributed by atoms with Crippen molar-refractivity contribution in [3.05, 3.63) is 87.9 Å². The lowest BCUT2D eigenvalue weighted by atomic mass is 10.1. The fraction of sp³-hybridized carbons (Fsp3) is 0.120. The number of ether oxygens (including phenoxy) is 2. The molecule has 0 spiro atoms. The molecule has 0 unspecified atom stereocenters. The highest BCUT2D eigenvalue weighted by atomic mass is 79.9. The molecule has 0 aliphatic rings. The number of rotatable bonds is 8. The number of amides is 1. The number of nitrogens with one attached hydrogen (secondary N) is 1. The highest BCUT2D eigenvalue weighted by Gasteiger charge is 2.12. The Bertz CT molecular complexity index is 1170. The number of nitrogens with zero attached hydrogens (tertiary/aromatic N) is 1. The molecule has 32 heavy (non-hydrogen) atoms. The van der Waals surface area contributed by atoms with Gasteiger partial charge in [0.25, 0.3) is 5.91 Å². The molecule has 0 bridgehead atoms. The van der Waals surface area contributed by atoms with E-state index in [1.54, 1.807) is 30.3 Å². The van der Waals surface area contributed by atoms with Gasteiger partial charge in [-0.2, -0.15) is 5.26 Å². The molecular weight excluding hydrogens is 472 g/mol. The molecule has 0 atom stereocenters. The van der Waals surface area contributed by atoms with Crippen LogP contribution in [0.2, 0.25) is 0 Å². The minimum Gasteiger partial charge on any atom is -0.508 e. The average Bonchev–Trinajstić information content (AvgIpc) is 2.79. The summed E-state index contributed by atoms with van der Waals surface area (Å²) in [6, 6.07) is 20.9. The fourth-order valence-electron chi connectivity index (χ4n) is 2.83. The van der Waals surface area contributed by atoms with E-state index in [2.05, 4.69) is 21.2 Å². The van der Waals surface area contributed by atoms with E-state index in [0.717, 1.165) is 10.0 Å². The Hall–Kier alpha value is -3.76. The van der Waals surface area contributed by atoms with Crippen molar-refractivity contribution < 1.29 is 19.4 Å². The number of hydrogen-bond donors (Lipinski definition) is 2. The number of carbonyl (C=O) groups excluding carboxylic acids is 1. The number of aromatic hydroxyl groups is 1. The van der Waals surface area contributed by atoms with Gasteiger partial charge in [-0.3, -0.25) is 4.79 Å². The van der Waals surface area contributed by atoms with Gasteiger partial charge < -0.3 is 19.9 Å². The number of phenols is 1. The van der Waals surface area contributed by atoms with E-state index in [0.29, 0.717) is 36.0 Å². The lowest BCUT2D eigenvalue weighted by Gasteiger charge is -2.13. The first-order chi connectivity index (χ1) is 15.5. The van der Waals surface area contributed by atoms with E-state index in [4.69, 9.17) is 9.47 Å². The number of nitriles is 1. The summed E-state index contributed by atoms with van der Waals surface area (Å²) < 4.78 is 12.6. The second-order valence-corrected chi connectivity index (χ2v) is 7.54. The van der Waals surface area contributed by atoms with Gasteiger partial charge in [0.15, 0.2) is 11.5 Å². The van der Waals surface area contributed by atoms with Crippen LogP contribution in [0.4, 0.5) is 5.69 Å². The van der Waals surface area contributed by atoms with Crippen molar-refractivity contribution in [2.45, 2.75) is 13.5 Å². The SMILES string of the molecule is CCOc1cc(/C=C(\C#N)C(=O)Nc2ccc(O)cc2)ccc1OCc1ccccc1Br. The summed E-state index contributed by atoms with van der Waals surface area (Å²) in [7, 11) is 0. The summed E-state index contributed by atoms with van der Waals surface area (Å²) in [5.74, 6) is 0.617. The molecule has 0 aromatic heterocycles. The quantitative estimate of drug-likeness (QED) is 0.240. The summed E-state index contributed by atoms with van der Waals surface area (Å²) in [4.78, 5) is 12.5. The molecule has 1 amide bonds. The van der Waals surface area contributed by atoms with E-state index >= 15 is 0 Å². The normalized spacial score (nSPS) is 10.8. The van der Waals surface area contributed by atoms with Crippen LogP contribution in [0.1, 0.15) is 18.1 Å². The molecule has 3 aromatic carbocycles. The highest BCUT2D eigenvalue weighted by Crippen LogP contribution is 2.31. The number of benzene rings is 3. The summed E-state index contributed by atoms with van der Waals surface area (Å²) in [6.45, 7) is 2.66. The molecule has 2 N–H and O–H groups in total. The average molecular weight is 493 g/mol. The lowest BCUT2D eigenvalue weighted by molar-refractivity contribution is -0.112. The smallest absolute Gasteiger partial charge is 0.266 e. The van der Waals surface area contributed by atoms with Gasteiger partial charge in [-0.25, -0.2) is 0 Å². The van der Waals surface area contributed by atoms with Crippen molar-refractivity contribution in [2.75, 3.05) is 11.9 Å². The Balaban J connectivity index is 1.78. The molecular formula is C25H21BrN2O4.